The van der Waals surface area contributed by atoms with Crippen LogP contribution in [-0.4, -0.2) is 25.8 Å². The van der Waals surface area contributed by atoms with E-state index in [1.807, 2.05) is 0 Å². The smallest absolute Gasteiger partial charge is 0.253 e. The van der Waals surface area contributed by atoms with E-state index in [1.165, 1.54) is 0 Å². The Labute approximate surface area is 119 Å². The highest BCUT2D eigenvalue weighted by Gasteiger charge is 2.24. The molecule has 0 radical (unpaired) electrons. The van der Waals surface area contributed by atoms with Crippen molar-refractivity contribution in [3.8, 4) is 0 Å². The summed E-state index contributed by atoms with van der Waals surface area (Å²) in [6, 6.07) is 0.239. The topological polar surface area (TPSA) is 67.4 Å². The summed E-state index contributed by atoms with van der Waals surface area (Å²) in [5, 5.41) is 6.31. The van der Waals surface area contributed by atoms with Crippen molar-refractivity contribution >= 4 is 11.4 Å². The van der Waals surface area contributed by atoms with E-state index in [4.69, 9.17) is 4.74 Å². The van der Waals surface area contributed by atoms with Gasteiger partial charge >= 0.3 is 0 Å². The second-order valence-electron chi connectivity index (χ2n) is 5.90. The first-order chi connectivity index (χ1) is 9.59. The fourth-order valence-corrected chi connectivity index (χ4v) is 2.47. The summed E-state index contributed by atoms with van der Waals surface area (Å²) in [6.45, 7) is 6.52. The molecule has 0 amide bonds. The van der Waals surface area contributed by atoms with Crippen molar-refractivity contribution in [2.45, 2.75) is 45.6 Å². The Balaban J connectivity index is 1.87. The van der Waals surface area contributed by atoms with Crippen molar-refractivity contribution < 1.29 is 4.74 Å². The highest BCUT2D eigenvalue weighted by atomic mass is 16.5. The van der Waals surface area contributed by atoms with Crippen LogP contribution in [0.1, 0.15) is 39.5 Å². The molecule has 0 spiro atoms. The highest BCUT2D eigenvalue weighted by molar-refractivity contribution is 5.74. The van der Waals surface area contributed by atoms with Gasteiger partial charge in [0.05, 0.1) is 0 Å². The van der Waals surface area contributed by atoms with Crippen LogP contribution in [0.3, 0.4) is 0 Å². The van der Waals surface area contributed by atoms with Crippen molar-refractivity contribution in [1.82, 2.24) is 0 Å². The van der Waals surface area contributed by atoms with Gasteiger partial charge in [0, 0.05) is 25.8 Å². The van der Waals surface area contributed by atoms with Gasteiger partial charge in [-0.15, -0.1) is 0 Å². The maximum atomic E-state index is 11.6. The minimum absolute atomic E-state index is 0.239. The van der Waals surface area contributed by atoms with Gasteiger partial charge in [-0.1, -0.05) is 13.8 Å². The lowest BCUT2D eigenvalue weighted by Crippen LogP contribution is -2.41. The van der Waals surface area contributed by atoms with E-state index in [9.17, 15) is 9.59 Å². The van der Waals surface area contributed by atoms with Crippen molar-refractivity contribution in [2.75, 3.05) is 30.4 Å². The molecule has 2 rings (SSSR count). The zero-order valence-corrected chi connectivity index (χ0v) is 12.3. The largest absolute Gasteiger partial charge is 0.381 e. The Morgan fingerprint density at radius 2 is 1.80 bits per heavy atom. The molecule has 5 heteroatoms. The first-order valence-corrected chi connectivity index (χ1v) is 7.51. The SMILES string of the molecule is CC(C)CCCNc1c(NC2CCOCC2)c(=O)c1=O. The predicted octanol–water partition coefficient (Wildman–Crippen LogP) is 1.72. The van der Waals surface area contributed by atoms with Crippen LogP contribution in [-0.2, 0) is 4.74 Å². The molecule has 1 fully saturated rings. The molecule has 0 aliphatic carbocycles. The van der Waals surface area contributed by atoms with Gasteiger partial charge in [0.2, 0.25) is 0 Å². The molecule has 1 heterocycles. The average molecular weight is 280 g/mol. The van der Waals surface area contributed by atoms with Crippen molar-refractivity contribution in [1.29, 1.82) is 0 Å². The van der Waals surface area contributed by atoms with E-state index in [2.05, 4.69) is 24.5 Å². The second kappa shape index (κ2) is 6.88. The molecular formula is C15H24N2O3. The lowest BCUT2D eigenvalue weighted by Gasteiger charge is -2.25. The molecule has 20 heavy (non-hydrogen) atoms. The van der Waals surface area contributed by atoms with Crippen LogP contribution in [0.2, 0.25) is 0 Å². The summed E-state index contributed by atoms with van der Waals surface area (Å²) in [6.07, 6.45) is 3.88. The van der Waals surface area contributed by atoms with Gasteiger partial charge in [-0.2, -0.15) is 0 Å². The fraction of sp³-hybridized carbons (Fsp3) is 0.733. The Bertz CT molecular complexity index is 497. The van der Waals surface area contributed by atoms with Crippen molar-refractivity contribution in [3.05, 3.63) is 20.4 Å². The first kappa shape index (κ1) is 15.0. The molecule has 0 aromatic heterocycles. The van der Waals surface area contributed by atoms with E-state index >= 15 is 0 Å². The number of hydrogen-bond acceptors (Lipinski definition) is 5. The molecule has 0 saturated carbocycles. The zero-order chi connectivity index (χ0) is 14.5. The second-order valence-corrected chi connectivity index (χ2v) is 5.90. The van der Waals surface area contributed by atoms with Gasteiger partial charge in [0.15, 0.2) is 0 Å². The molecule has 1 aliphatic heterocycles. The van der Waals surface area contributed by atoms with Gasteiger partial charge in [-0.05, 0) is 31.6 Å². The molecule has 2 N–H and O–H groups in total. The number of hydrogen-bond donors (Lipinski definition) is 2. The molecule has 5 nitrogen and oxygen atoms in total. The van der Waals surface area contributed by atoms with Crippen LogP contribution >= 0.6 is 0 Å². The van der Waals surface area contributed by atoms with Gasteiger partial charge in [-0.25, -0.2) is 0 Å². The molecule has 1 aromatic rings. The lowest BCUT2D eigenvalue weighted by molar-refractivity contribution is 0.0904. The molecule has 0 bridgehead atoms. The summed E-state index contributed by atoms with van der Waals surface area (Å²) >= 11 is 0. The van der Waals surface area contributed by atoms with E-state index in [0.717, 1.165) is 32.2 Å². The number of rotatable bonds is 7. The lowest BCUT2D eigenvalue weighted by atomic mass is 10.1. The monoisotopic (exact) mass is 280 g/mol. The molecule has 0 atom stereocenters. The Kier molecular flexibility index (Phi) is 5.17. The van der Waals surface area contributed by atoms with E-state index < -0.39 is 0 Å². The van der Waals surface area contributed by atoms with Crippen LogP contribution in [0, 0.1) is 5.92 Å². The highest BCUT2D eigenvalue weighted by Crippen LogP contribution is 2.19. The fourth-order valence-electron chi connectivity index (χ4n) is 2.47. The number of anilines is 2. The maximum absolute atomic E-state index is 11.6. The van der Waals surface area contributed by atoms with Crippen LogP contribution in [0.15, 0.2) is 9.59 Å². The van der Waals surface area contributed by atoms with Crippen LogP contribution < -0.4 is 21.5 Å². The summed E-state index contributed by atoms with van der Waals surface area (Å²) in [5.74, 6) is 0.657. The van der Waals surface area contributed by atoms with Gasteiger partial charge in [0.25, 0.3) is 10.9 Å². The molecule has 112 valence electrons. The van der Waals surface area contributed by atoms with Gasteiger partial charge < -0.3 is 15.4 Å². The van der Waals surface area contributed by atoms with E-state index in [-0.39, 0.29) is 16.9 Å². The summed E-state index contributed by atoms with van der Waals surface area (Å²) in [5.41, 5.74) is 0.184. The van der Waals surface area contributed by atoms with Crippen molar-refractivity contribution in [3.63, 3.8) is 0 Å². The van der Waals surface area contributed by atoms with Crippen LogP contribution in [0.25, 0.3) is 0 Å². The number of ether oxygens (including phenoxy) is 1. The molecule has 0 unspecified atom stereocenters. The Morgan fingerprint density at radius 3 is 2.45 bits per heavy atom. The Morgan fingerprint density at radius 1 is 1.15 bits per heavy atom. The van der Waals surface area contributed by atoms with Crippen LogP contribution in [0.4, 0.5) is 11.4 Å². The summed E-state index contributed by atoms with van der Waals surface area (Å²) in [4.78, 5) is 23.3. The molecule has 1 saturated heterocycles. The van der Waals surface area contributed by atoms with Crippen LogP contribution in [0.5, 0.6) is 0 Å². The quantitative estimate of drug-likeness (QED) is 0.588. The zero-order valence-electron chi connectivity index (χ0n) is 12.3. The number of nitrogens with one attached hydrogen (secondary N) is 2. The maximum Gasteiger partial charge on any atom is 0.253 e. The average Bonchev–Trinajstić information content (AvgIpc) is 2.46. The minimum Gasteiger partial charge on any atom is -0.381 e. The predicted molar refractivity (Wildman–Crippen MR) is 81.4 cm³/mol. The summed E-state index contributed by atoms with van der Waals surface area (Å²) < 4.78 is 5.29. The molecule has 1 aliphatic rings. The Hall–Kier alpha value is -1.36. The van der Waals surface area contributed by atoms with E-state index in [0.29, 0.717) is 30.5 Å². The first-order valence-electron chi connectivity index (χ1n) is 7.51. The van der Waals surface area contributed by atoms with Crippen molar-refractivity contribution in [2.24, 2.45) is 5.92 Å². The third-order valence-corrected chi connectivity index (χ3v) is 3.74. The third kappa shape index (κ3) is 3.60. The van der Waals surface area contributed by atoms with Gasteiger partial charge in [0.1, 0.15) is 11.4 Å². The minimum atomic E-state index is -0.386. The van der Waals surface area contributed by atoms with E-state index in [1.54, 1.807) is 0 Å². The molecular weight excluding hydrogens is 256 g/mol. The molecule has 1 aromatic carbocycles. The normalized spacial score (nSPS) is 16.8. The summed E-state index contributed by atoms with van der Waals surface area (Å²) in [7, 11) is 0. The third-order valence-electron chi connectivity index (χ3n) is 3.74. The standard InChI is InChI=1S/C15H24N2O3/c1-10(2)4-3-7-16-12-13(15(19)14(12)18)17-11-5-8-20-9-6-11/h10-11,16-17H,3-9H2,1-2H3. The van der Waals surface area contributed by atoms with Gasteiger partial charge in [-0.3, -0.25) is 9.59 Å².